The lowest BCUT2D eigenvalue weighted by Gasteiger charge is -2.04. The minimum Gasteiger partial charge on any atom is -0.324 e. The van der Waals surface area contributed by atoms with Crippen molar-refractivity contribution in [2.24, 2.45) is 16.0 Å². The normalized spacial score (nSPS) is 27.3. The standard InChI is InChI=1S/C4H9N3/c1-3(5)4(2)6-7-4/h3H,5H2,1-2H3/t3-/m0/s1. The van der Waals surface area contributed by atoms with Gasteiger partial charge >= 0.3 is 0 Å². The monoisotopic (exact) mass is 99.1 g/mol. The highest BCUT2D eigenvalue weighted by atomic mass is 15.4. The van der Waals surface area contributed by atoms with Gasteiger partial charge in [0.15, 0.2) is 0 Å². The summed E-state index contributed by atoms with van der Waals surface area (Å²) in [7, 11) is 0. The van der Waals surface area contributed by atoms with Gasteiger partial charge in [-0.2, -0.15) is 10.2 Å². The average Bonchev–Trinajstić information content (AvgIpc) is 2.21. The summed E-state index contributed by atoms with van der Waals surface area (Å²) in [6.07, 6.45) is 0. The summed E-state index contributed by atoms with van der Waals surface area (Å²) in [5.41, 5.74) is 5.22. The van der Waals surface area contributed by atoms with E-state index in [9.17, 15) is 0 Å². The minimum atomic E-state index is -0.222. The van der Waals surface area contributed by atoms with Gasteiger partial charge in [0, 0.05) is 0 Å². The van der Waals surface area contributed by atoms with Crippen LogP contribution in [0.5, 0.6) is 0 Å². The predicted molar refractivity (Wildman–Crippen MR) is 26.9 cm³/mol. The molecule has 0 bridgehead atoms. The molecule has 1 rings (SSSR count). The molecule has 1 heterocycles. The van der Waals surface area contributed by atoms with Gasteiger partial charge in [-0.25, -0.2) is 0 Å². The van der Waals surface area contributed by atoms with Crippen molar-refractivity contribution in [1.82, 2.24) is 0 Å². The Kier molecular flexibility index (Phi) is 0.698. The highest BCUT2D eigenvalue weighted by Crippen LogP contribution is 2.28. The van der Waals surface area contributed by atoms with E-state index in [4.69, 9.17) is 5.73 Å². The van der Waals surface area contributed by atoms with Gasteiger partial charge in [-0.1, -0.05) is 0 Å². The molecule has 3 nitrogen and oxygen atoms in total. The molecular formula is C4H9N3. The Hall–Kier alpha value is -0.440. The minimum absolute atomic E-state index is 0.0764. The number of hydrogen-bond acceptors (Lipinski definition) is 3. The summed E-state index contributed by atoms with van der Waals surface area (Å²) < 4.78 is 0. The summed E-state index contributed by atoms with van der Waals surface area (Å²) in [6, 6.07) is 0.0764. The second kappa shape index (κ2) is 1.04. The number of rotatable bonds is 1. The molecule has 2 N–H and O–H groups in total. The molecular weight excluding hydrogens is 90.1 g/mol. The molecule has 7 heavy (non-hydrogen) atoms. The summed E-state index contributed by atoms with van der Waals surface area (Å²) in [4.78, 5) is 0. The first-order valence-electron chi connectivity index (χ1n) is 2.35. The van der Waals surface area contributed by atoms with Crippen LogP contribution >= 0.6 is 0 Å². The molecule has 0 fully saturated rings. The quantitative estimate of drug-likeness (QED) is 0.511. The van der Waals surface area contributed by atoms with Gasteiger partial charge in [-0.3, -0.25) is 0 Å². The lowest BCUT2D eigenvalue weighted by molar-refractivity contribution is 0.542. The maximum absolute atomic E-state index is 5.44. The fraction of sp³-hybridized carbons (Fsp3) is 1.00. The van der Waals surface area contributed by atoms with Gasteiger partial charge < -0.3 is 5.73 Å². The second-order valence-corrected chi connectivity index (χ2v) is 2.08. The maximum atomic E-state index is 5.44. The Bertz CT molecular complexity index is 99.5. The number of hydrogen-bond donors (Lipinski definition) is 1. The van der Waals surface area contributed by atoms with Gasteiger partial charge in [-0.15, -0.1) is 0 Å². The van der Waals surface area contributed by atoms with Crippen LogP contribution in [0.3, 0.4) is 0 Å². The van der Waals surface area contributed by atoms with E-state index in [1.807, 2.05) is 13.8 Å². The largest absolute Gasteiger partial charge is 0.324 e. The molecule has 3 heteroatoms. The Balaban J connectivity index is 2.41. The molecule has 0 aliphatic carbocycles. The summed E-state index contributed by atoms with van der Waals surface area (Å²) in [5, 5.41) is 7.47. The summed E-state index contributed by atoms with van der Waals surface area (Å²) in [5.74, 6) is 0. The van der Waals surface area contributed by atoms with Crippen LogP contribution in [0, 0.1) is 0 Å². The molecule has 1 atom stereocenters. The van der Waals surface area contributed by atoms with E-state index in [1.165, 1.54) is 0 Å². The van der Waals surface area contributed by atoms with E-state index in [1.54, 1.807) is 0 Å². The molecule has 0 saturated carbocycles. The molecule has 1 aliphatic heterocycles. The maximum Gasteiger partial charge on any atom is 0.202 e. The fourth-order valence-corrected chi connectivity index (χ4v) is 0.261. The van der Waals surface area contributed by atoms with Crippen LogP contribution in [-0.2, 0) is 0 Å². The van der Waals surface area contributed by atoms with Crippen LogP contribution in [-0.4, -0.2) is 11.7 Å². The van der Waals surface area contributed by atoms with Crippen molar-refractivity contribution in [2.45, 2.75) is 25.6 Å². The molecule has 0 amide bonds. The smallest absolute Gasteiger partial charge is 0.202 e. The van der Waals surface area contributed by atoms with Gasteiger partial charge in [-0.05, 0) is 13.8 Å². The van der Waals surface area contributed by atoms with Crippen LogP contribution in [0.25, 0.3) is 0 Å². The van der Waals surface area contributed by atoms with Crippen LogP contribution in [0.15, 0.2) is 10.2 Å². The third kappa shape index (κ3) is 0.632. The lowest BCUT2D eigenvalue weighted by Crippen LogP contribution is -2.31. The fourth-order valence-electron chi connectivity index (χ4n) is 0.261. The Morgan fingerprint density at radius 1 is 1.57 bits per heavy atom. The first-order chi connectivity index (χ1) is 3.15. The number of nitrogens with zero attached hydrogens (tertiary/aromatic N) is 2. The van der Waals surface area contributed by atoms with E-state index in [0.717, 1.165) is 0 Å². The highest BCUT2D eigenvalue weighted by molar-refractivity contribution is 4.95. The van der Waals surface area contributed by atoms with Crippen LogP contribution in [0.4, 0.5) is 0 Å². The third-order valence-electron chi connectivity index (χ3n) is 1.28. The van der Waals surface area contributed by atoms with Crippen molar-refractivity contribution in [2.75, 3.05) is 0 Å². The Morgan fingerprint density at radius 2 is 2.00 bits per heavy atom. The van der Waals surface area contributed by atoms with E-state index in [2.05, 4.69) is 10.2 Å². The zero-order chi connectivity index (χ0) is 5.49. The van der Waals surface area contributed by atoms with Crippen molar-refractivity contribution in [1.29, 1.82) is 0 Å². The van der Waals surface area contributed by atoms with E-state index in [0.29, 0.717) is 0 Å². The van der Waals surface area contributed by atoms with E-state index < -0.39 is 0 Å². The molecule has 0 aromatic carbocycles. The van der Waals surface area contributed by atoms with Gasteiger partial charge in [0.1, 0.15) is 0 Å². The van der Waals surface area contributed by atoms with Crippen LogP contribution in [0.2, 0.25) is 0 Å². The zero-order valence-electron chi connectivity index (χ0n) is 4.55. The molecule has 40 valence electrons. The molecule has 0 radical (unpaired) electrons. The topological polar surface area (TPSA) is 50.7 Å². The number of nitrogens with two attached hydrogens (primary N) is 1. The zero-order valence-corrected chi connectivity index (χ0v) is 4.55. The molecule has 1 aliphatic rings. The first-order valence-corrected chi connectivity index (χ1v) is 2.35. The first kappa shape index (κ1) is 4.71. The van der Waals surface area contributed by atoms with Crippen molar-refractivity contribution < 1.29 is 0 Å². The molecule has 0 aromatic rings. The van der Waals surface area contributed by atoms with Crippen molar-refractivity contribution in [3.8, 4) is 0 Å². The van der Waals surface area contributed by atoms with Crippen molar-refractivity contribution in [3.05, 3.63) is 0 Å². The van der Waals surface area contributed by atoms with E-state index in [-0.39, 0.29) is 11.7 Å². The summed E-state index contributed by atoms with van der Waals surface area (Å²) >= 11 is 0. The predicted octanol–water partition coefficient (Wildman–Crippen LogP) is 0.516. The van der Waals surface area contributed by atoms with Gasteiger partial charge in [0.2, 0.25) is 5.66 Å². The molecule has 0 saturated heterocycles. The molecule has 0 spiro atoms. The third-order valence-corrected chi connectivity index (χ3v) is 1.28. The Morgan fingerprint density at radius 3 is 2.00 bits per heavy atom. The summed E-state index contributed by atoms with van der Waals surface area (Å²) in [6.45, 7) is 3.82. The SMILES string of the molecule is C[C@H](N)C1(C)N=N1. The van der Waals surface area contributed by atoms with Gasteiger partial charge in [0.05, 0.1) is 6.04 Å². The van der Waals surface area contributed by atoms with Crippen LogP contribution in [0.1, 0.15) is 13.8 Å². The van der Waals surface area contributed by atoms with Crippen molar-refractivity contribution >= 4 is 0 Å². The second-order valence-electron chi connectivity index (χ2n) is 2.08. The molecule has 0 unspecified atom stereocenters. The van der Waals surface area contributed by atoms with Gasteiger partial charge in [0.25, 0.3) is 0 Å². The van der Waals surface area contributed by atoms with Crippen LogP contribution < -0.4 is 5.73 Å². The van der Waals surface area contributed by atoms with E-state index >= 15 is 0 Å². The highest BCUT2D eigenvalue weighted by Gasteiger charge is 2.37. The Labute approximate surface area is 42.6 Å². The lowest BCUT2D eigenvalue weighted by atomic mass is 10.1. The average molecular weight is 99.1 g/mol. The molecule has 0 aromatic heterocycles. The van der Waals surface area contributed by atoms with Crippen molar-refractivity contribution in [3.63, 3.8) is 0 Å².